The third kappa shape index (κ3) is 4.21. The summed E-state index contributed by atoms with van der Waals surface area (Å²) in [7, 11) is -3.55. The first-order chi connectivity index (χ1) is 8.49. The van der Waals surface area contributed by atoms with Gasteiger partial charge in [-0.3, -0.25) is 0 Å². The second kappa shape index (κ2) is 6.62. The van der Waals surface area contributed by atoms with Gasteiger partial charge in [0.2, 0.25) is 16.0 Å². The molecule has 1 rings (SSSR count). The molecule has 1 aromatic rings. The van der Waals surface area contributed by atoms with E-state index in [4.69, 9.17) is 5.73 Å². The highest BCUT2D eigenvalue weighted by Crippen LogP contribution is 2.05. The van der Waals surface area contributed by atoms with Crippen LogP contribution >= 0.6 is 0 Å². The largest absolute Gasteiger partial charge is 0.368 e. The van der Waals surface area contributed by atoms with Crippen LogP contribution in [0.5, 0.6) is 0 Å². The highest BCUT2D eigenvalue weighted by molar-refractivity contribution is 7.89. The Morgan fingerprint density at radius 3 is 2.33 bits per heavy atom. The molecule has 0 fully saturated rings. The number of anilines is 1. The van der Waals surface area contributed by atoms with Crippen LogP contribution in [0.4, 0.5) is 5.95 Å². The van der Waals surface area contributed by atoms with Crippen LogP contribution < -0.4 is 10.5 Å². The molecule has 0 bridgehead atoms. The number of nitrogens with two attached hydrogens (primary N) is 1. The van der Waals surface area contributed by atoms with Crippen LogP contribution in [0.3, 0.4) is 0 Å². The zero-order chi connectivity index (χ0) is 13.6. The van der Waals surface area contributed by atoms with E-state index in [1.165, 1.54) is 12.4 Å². The summed E-state index contributed by atoms with van der Waals surface area (Å²) in [6, 6.07) is 0. The molecule has 0 unspecified atom stereocenters. The molecule has 0 saturated carbocycles. The van der Waals surface area contributed by atoms with Crippen LogP contribution in [0.2, 0.25) is 0 Å². The molecule has 0 amide bonds. The number of aromatic nitrogens is 2. The van der Waals surface area contributed by atoms with Crippen molar-refractivity contribution in [3.8, 4) is 0 Å². The Hall–Kier alpha value is -1.25. The van der Waals surface area contributed by atoms with E-state index < -0.39 is 10.0 Å². The SMILES string of the molecule is CCN(CC)CCNS(=O)(=O)c1cnc(N)nc1. The second-order valence-corrected chi connectivity index (χ2v) is 5.47. The number of nitrogens with zero attached hydrogens (tertiary/aromatic N) is 3. The van der Waals surface area contributed by atoms with Crippen LogP contribution in [0, 0.1) is 0 Å². The van der Waals surface area contributed by atoms with Gasteiger partial charge in [-0.1, -0.05) is 13.8 Å². The summed E-state index contributed by atoms with van der Waals surface area (Å²) < 4.78 is 26.2. The molecule has 7 nitrogen and oxygen atoms in total. The molecule has 102 valence electrons. The average molecular weight is 273 g/mol. The molecule has 0 atom stereocenters. The lowest BCUT2D eigenvalue weighted by molar-refractivity contribution is 0.309. The number of hydrogen-bond acceptors (Lipinski definition) is 6. The minimum absolute atomic E-state index is 0.0243. The molecule has 0 saturated heterocycles. The van der Waals surface area contributed by atoms with E-state index in [2.05, 4.69) is 19.6 Å². The fourth-order valence-corrected chi connectivity index (χ4v) is 2.34. The van der Waals surface area contributed by atoms with E-state index in [-0.39, 0.29) is 10.8 Å². The number of nitrogen functional groups attached to an aromatic ring is 1. The molecule has 0 radical (unpaired) electrons. The van der Waals surface area contributed by atoms with Crippen molar-refractivity contribution >= 4 is 16.0 Å². The lowest BCUT2D eigenvalue weighted by atomic mass is 10.5. The van der Waals surface area contributed by atoms with Crippen molar-refractivity contribution in [3.63, 3.8) is 0 Å². The summed E-state index contributed by atoms with van der Waals surface area (Å²) in [4.78, 5) is 9.47. The van der Waals surface area contributed by atoms with Gasteiger partial charge in [0.05, 0.1) is 12.4 Å². The van der Waals surface area contributed by atoms with Crippen molar-refractivity contribution in [1.82, 2.24) is 19.6 Å². The Morgan fingerprint density at radius 2 is 1.83 bits per heavy atom. The van der Waals surface area contributed by atoms with Gasteiger partial charge in [0, 0.05) is 13.1 Å². The molecular formula is C10H19N5O2S. The van der Waals surface area contributed by atoms with Crippen molar-refractivity contribution in [2.75, 3.05) is 31.9 Å². The lowest BCUT2D eigenvalue weighted by Crippen LogP contribution is -2.34. The Morgan fingerprint density at radius 1 is 1.28 bits per heavy atom. The monoisotopic (exact) mass is 273 g/mol. The van der Waals surface area contributed by atoms with E-state index in [1.807, 2.05) is 13.8 Å². The van der Waals surface area contributed by atoms with E-state index in [9.17, 15) is 8.42 Å². The molecule has 8 heteroatoms. The number of rotatable bonds is 7. The van der Waals surface area contributed by atoms with Gasteiger partial charge in [0.25, 0.3) is 0 Å². The fourth-order valence-electron chi connectivity index (χ4n) is 1.43. The topological polar surface area (TPSA) is 101 Å². The first kappa shape index (κ1) is 14.8. The van der Waals surface area contributed by atoms with Crippen molar-refractivity contribution in [2.45, 2.75) is 18.7 Å². The summed E-state index contributed by atoms with van der Waals surface area (Å²) in [5.74, 6) is 0.0529. The van der Waals surface area contributed by atoms with Gasteiger partial charge in [-0.2, -0.15) is 0 Å². The number of hydrogen-bond donors (Lipinski definition) is 2. The van der Waals surface area contributed by atoms with Crippen molar-refractivity contribution in [3.05, 3.63) is 12.4 Å². The van der Waals surface area contributed by atoms with Gasteiger partial charge < -0.3 is 10.6 Å². The van der Waals surface area contributed by atoms with Crippen LogP contribution in [0.15, 0.2) is 17.3 Å². The normalized spacial score (nSPS) is 11.9. The molecule has 3 N–H and O–H groups in total. The van der Waals surface area contributed by atoms with Crippen molar-refractivity contribution in [2.24, 2.45) is 0 Å². The minimum Gasteiger partial charge on any atom is -0.368 e. The van der Waals surface area contributed by atoms with Gasteiger partial charge >= 0.3 is 0 Å². The Labute approximate surface area is 107 Å². The number of sulfonamides is 1. The van der Waals surface area contributed by atoms with Gasteiger partial charge in [-0.05, 0) is 13.1 Å². The maximum absolute atomic E-state index is 11.9. The summed E-state index contributed by atoms with van der Waals surface area (Å²) in [5, 5.41) is 0. The summed E-state index contributed by atoms with van der Waals surface area (Å²) in [6.45, 7) is 6.88. The highest BCUT2D eigenvalue weighted by atomic mass is 32.2. The smallest absolute Gasteiger partial charge is 0.243 e. The van der Waals surface area contributed by atoms with Crippen LogP contribution in [-0.4, -0.2) is 49.5 Å². The number of nitrogens with one attached hydrogen (secondary N) is 1. The summed E-state index contributed by atoms with van der Waals surface area (Å²) in [6.07, 6.45) is 2.39. The first-order valence-corrected chi connectivity index (χ1v) is 7.27. The average Bonchev–Trinajstić information content (AvgIpc) is 2.35. The quantitative estimate of drug-likeness (QED) is 0.706. The van der Waals surface area contributed by atoms with Crippen molar-refractivity contribution in [1.29, 1.82) is 0 Å². The molecule has 18 heavy (non-hydrogen) atoms. The Kier molecular flexibility index (Phi) is 5.45. The van der Waals surface area contributed by atoms with Gasteiger partial charge in [0.1, 0.15) is 4.90 Å². The molecule has 0 aliphatic carbocycles. The molecule has 0 aliphatic heterocycles. The third-order valence-electron chi connectivity index (χ3n) is 2.57. The Balaban J connectivity index is 2.57. The van der Waals surface area contributed by atoms with Crippen LogP contribution in [-0.2, 0) is 10.0 Å². The maximum atomic E-state index is 11.9. The minimum atomic E-state index is -3.55. The van der Waals surface area contributed by atoms with E-state index in [0.29, 0.717) is 13.1 Å². The molecule has 1 heterocycles. The van der Waals surface area contributed by atoms with E-state index >= 15 is 0 Å². The fraction of sp³-hybridized carbons (Fsp3) is 0.600. The summed E-state index contributed by atoms with van der Waals surface area (Å²) in [5.41, 5.74) is 5.30. The maximum Gasteiger partial charge on any atom is 0.243 e. The first-order valence-electron chi connectivity index (χ1n) is 5.79. The molecule has 0 aliphatic rings. The van der Waals surface area contributed by atoms with Crippen LogP contribution in [0.25, 0.3) is 0 Å². The van der Waals surface area contributed by atoms with Crippen LogP contribution in [0.1, 0.15) is 13.8 Å². The predicted molar refractivity (Wildman–Crippen MR) is 69.4 cm³/mol. The second-order valence-electron chi connectivity index (χ2n) is 3.70. The third-order valence-corrected chi connectivity index (χ3v) is 3.99. The Bertz CT molecular complexity index is 456. The predicted octanol–water partition coefficient (Wildman–Crippen LogP) is -0.321. The lowest BCUT2D eigenvalue weighted by Gasteiger charge is -2.17. The summed E-state index contributed by atoms with van der Waals surface area (Å²) >= 11 is 0. The van der Waals surface area contributed by atoms with Gasteiger partial charge in [-0.15, -0.1) is 0 Å². The molecule has 0 spiro atoms. The highest BCUT2D eigenvalue weighted by Gasteiger charge is 2.14. The van der Waals surface area contributed by atoms with Gasteiger partial charge in [-0.25, -0.2) is 23.1 Å². The molecule has 1 aromatic heterocycles. The zero-order valence-electron chi connectivity index (χ0n) is 10.6. The van der Waals surface area contributed by atoms with E-state index in [0.717, 1.165) is 13.1 Å². The van der Waals surface area contributed by atoms with E-state index in [1.54, 1.807) is 0 Å². The molecular weight excluding hydrogens is 254 g/mol. The molecule has 0 aromatic carbocycles. The van der Waals surface area contributed by atoms with Crippen molar-refractivity contribution < 1.29 is 8.42 Å². The zero-order valence-corrected chi connectivity index (χ0v) is 11.4. The number of likely N-dealkylation sites (N-methyl/N-ethyl adjacent to an activating group) is 1. The van der Waals surface area contributed by atoms with Gasteiger partial charge in [0.15, 0.2) is 0 Å². The standard InChI is InChI=1S/C10H19N5O2S/c1-3-15(4-2)6-5-14-18(16,17)9-7-12-10(11)13-8-9/h7-8,14H,3-6H2,1-2H3,(H2,11,12,13).